The first-order valence-corrected chi connectivity index (χ1v) is 10.5. The van der Waals surface area contributed by atoms with Crippen LogP contribution in [-0.2, 0) is 16.1 Å². The Morgan fingerprint density at radius 1 is 0.879 bits per heavy atom. The van der Waals surface area contributed by atoms with E-state index >= 15 is 0 Å². The highest BCUT2D eigenvalue weighted by Crippen LogP contribution is 2.19. The first-order chi connectivity index (χ1) is 16.0. The summed E-state index contributed by atoms with van der Waals surface area (Å²) in [6.07, 6.45) is 1.55. The average molecular weight is 441 g/mol. The molecule has 1 aromatic heterocycles. The topological polar surface area (TPSA) is 100 Å². The number of ether oxygens (including phenoxy) is 1. The predicted molar refractivity (Wildman–Crippen MR) is 126 cm³/mol. The smallest absolute Gasteiger partial charge is 0.340 e. The Kier molecular flexibility index (Phi) is 6.50. The third-order valence-corrected chi connectivity index (χ3v) is 5.16. The molecule has 33 heavy (non-hydrogen) atoms. The molecule has 0 fully saturated rings. The fourth-order valence-corrected chi connectivity index (χ4v) is 3.41. The molecule has 0 spiro atoms. The minimum absolute atomic E-state index is 0.317. The van der Waals surface area contributed by atoms with Gasteiger partial charge < -0.3 is 20.4 Å². The maximum absolute atomic E-state index is 12.7. The van der Waals surface area contributed by atoms with Gasteiger partial charge in [-0.05, 0) is 30.7 Å². The van der Waals surface area contributed by atoms with Crippen molar-refractivity contribution in [2.45, 2.75) is 13.5 Å². The Balaban J connectivity index is 1.35. The number of amides is 2. The van der Waals surface area contributed by atoms with Crippen LogP contribution in [0.5, 0.6) is 0 Å². The molecule has 2 amide bonds. The number of hydrogen-bond donors (Lipinski definition) is 3. The van der Waals surface area contributed by atoms with Crippen LogP contribution in [0, 0.1) is 6.92 Å². The number of aromatic nitrogens is 1. The molecule has 3 N–H and O–H groups in total. The minimum Gasteiger partial charge on any atom is -0.452 e. The Labute approximate surface area is 190 Å². The van der Waals surface area contributed by atoms with Crippen LogP contribution in [0.1, 0.15) is 31.8 Å². The van der Waals surface area contributed by atoms with Crippen molar-refractivity contribution < 1.29 is 19.1 Å². The van der Waals surface area contributed by atoms with Crippen molar-refractivity contribution in [3.8, 4) is 0 Å². The van der Waals surface area contributed by atoms with Gasteiger partial charge in [0, 0.05) is 23.6 Å². The Hall–Kier alpha value is -4.39. The van der Waals surface area contributed by atoms with Gasteiger partial charge in [0.1, 0.15) is 0 Å². The number of rotatable bonds is 7. The molecule has 7 heteroatoms. The number of aromatic amines is 1. The van der Waals surface area contributed by atoms with Gasteiger partial charge in [-0.25, -0.2) is 4.79 Å². The molecule has 4 rings (SSSR count). The minimum atomic E-state index is -0.605. The summed E-state index contributed by atoms with van der Waals surface area (Å²) in [4.78, 5) is 40.5. The number of para-hydroxylation sites is 2. The summed E-state index contributed by atoms with van der Waals surface area (Å²) in [6.45, 7) is 1.89. The highest BCUT2D eigenvalue weighted by molar-refractivity contribution is 6.06. The van der Waals surface area contributed by atoms with Crippen molar-refractivity contribution in [1.29, 1.82) is 0 Å². The van der Waals surface area contributed by atoms with Crippen LogP contribution in [0.4, 0.5) is 5.69 Å². The molecule has 0 aliphatic carbocycles. The second-order valence-electron chi connectivity index (χ2n) is 7.59. The molecule has 0 saturated carbocycles. The second kappa shape index (κ2) is 9.82. The number of esters is 1. The van der Waals surface area contributed by atoms with Crippen molar-refractivity contribution in [3.63, 3.8) is 0 Å². The van der Waals surface area contributed by atoms with Crippen LogP contribution in [0.25, 0.3) is 10.9 Å². The highest BCUT2D eigenvalue weighted by atomic mass is 16.5. The lowest BCUT2D eigenvalue weighted by Crippen LogP contribution is -2.26. The zero-order valence-electron chi connectivity index (χ0n) is 18.1. The summed E-state index contributed by atoms with van der Waals surface area (Å²) in [7, 11) is 0. The molecule has 166 valence electrons. The van der Waals surface area contributed by atoms with Crippen LogP contribution in [0.15, 0.2) is 79.0 Å². The molecule has 0 aliphatic heterocycles. The second-order valence-corrected chi connectivity index (χ2v) is 7.59. The number of hydrogen-bond acceptors (Lipinski definition) is 4. The Morgan fingerprint density at radius 2 is 1.61 bits per heavy atom. The summed E-state index contributed by atoms with van der Waals surface area (Å²) in [6, 6.07) is 21.9. The van der Waals surface area contributed by atoms with E-state index in [1.54, 1.807) is 36.5 Å². The molecule has 0 saturated heterocycles. The van der Waals surface area contributed by atoms with Crippen LogP contribution in [0.3, 0.4) is 0 Å². The number of nitrogens with one attached hydrogen (secondary N) is 3. The van der Waals surface area contributed by atoms with Gasteiger partial charge in [-0.1, -0.05) is 60.2 Å². The molecule has 0 bridgehead atoms. The fraction of sp³-hybridized carbons (Fsp3) is 0.115. The number of carbonyl (C=O) groups is 3. The Bertz CT molecular complexity index is 1310. The zero-order valence-corrected chi connectivity index (χ0v) is 18.1. The van der Waals surface area contributed by atoms with Crippen molar-refractivity contribution in [1.82, 2.24) is 10.3 Å². The van der Waals surface area contributed by atoms with Gasteiger partial charge in [-0.2, -0.15) is 0 Å². The zero-order chi connectivity index (χ0) is 23.2. The summed E-state index contributed by atoms with van der Waals surface area (Å²) in [5.74, 6) is -1.46. The largest absolute Gasteiger partial charge is 0.452 e. The summed E-state index contributed by atoms with van der Waals surface area (Å²) < 4.78 is 5.17. The van der Waals surface area contributed by atoms with E-state index in [0.717, 1.165) is 22.0 Å². The van der Waals surface area contributed by atoms with Crippen LogP contribution in [-0.4, -0.2) is 29.4 Å². The van der Waals surface area contributed by atoms with Gasteiger partial charge in [0.05, 0.1) is 16.8 Å². The molecule has 4 aromatic rings. The molecular weight excluding hydrogens is 418 g/mol. The van der Waals surface area contributed by atoms with E-state index in [9.17, 15) is 14.4 Å². The third-order valence-electron chi connectivity index (χ3n) is 5.16. The molecule has 0 aliphatic rings. The quantitative estimate of drug-likeness (QED) is 0.374. The van der Waals surface area contributed by atoms with Crippen molar-refractivity contribution in [3.05, 3.63) is 101 Å². The number of benzene rings is 3. The predicted octanol–water partition coefficient (Wildman–Crippen LogP) is 4.20. The standard InChI is InChI=1S/C26H23N3O4/c1-17-10-12-18(13-11-17)14-28-25(31)20-7-3-5-9-23(20)29-24(30)16-33-26(32)21-15-27-22-8-4-2-6-19(21)22/h2-13,15,27H,14,16H2,1H3,(H,28,31)(H,29,30). The monoisotopic (exact) mass is 441 g/mol. The first-order valence-electron chi connectivity index (χ1n) is 10.5. The molecule has 7 nitrogen and oxygen atoms in total. The number of fused-ring (bicyclic) bond motifs is 1. The number of anilines is 1. The lowest BCUT2D eigenvalue weighted by Gasteiger charge is -2.12. The van der Waals surface area contributed by atoms with Gasteiger partial charge in [-0.3, -0.25) is 9.59 Å². The van der Waals surface area contributed by atoms with Crippen LogP contribution in [0.2, 0.25) is 0 Å². The normalized spacial score (nSPS) is 10.6. The summed E-state index contributed by atoms with van der Waals surface area (Å²) in [5.41, 5.74) is 3.94. The highest BCUT2D eigenvalue weighted by Gasteiger charge is 2.17. The van der Waals surface area contributed by atoms with E-state index in [-0.39, 0.29) is 5.91 Å². The Morgan fingerprint density at radius 3 is 2.42 bits per heavy atom. The SMILES string of the molecule is Cc1ccc(CNC(=O)c2ccccc2NC(=O)COC(=O)c2c[nH]c3ccccc23)cc1. The number of aryl methyl sites for hydroxylation is 1. The van der Waals surface area contributed by atoms with E-state index in [0.29, 0.717) is 23.4 Å². The van der Waals surface area contributed by atoms with Crippen LogP contribution >= 0.6 is 0 Å². The fourth-order valence-electron chi connectivity index (χ4n) is 3.41. The molecule has 0 unspecified atom stereocenters. The van der Waals surface area contributed by atoms with Crippen molar-refractivity contribution in [2.75, 3.05) is 11.9 Å². The molecule has 3 aromatic carbocycles. The summed E-state index contributed by atoms with van der Waals surface area (Å²) >= 11 is 0. The van der Waals surface area contributed by atoms with Gasteiger partial charge in [0.15, 0.2) is 6.61 Å². The van der Waals surface area contributed by atoms with Gasteiger partial charge in [-0.15, -0.1) is 0 Å². The van der Waals surface area contributed by atoms with Crippen molar-refractivity contribution in [2.24, 2.45) is 0 Å². The summed E-state index contributed by atoms with van der Waals surface area (Å²) in [5, 5.41) is 6.23. The van der Waals surface area contributed by atoms with E-state index in [2.05, 4.69) is 15.6 Å². The molecule has 0 atom stereocenters. The van der Waals surface area contributed by atoms with E-state index in [4.69, 9.17) is 4.74 Å². The van der Waals surface area contributed by atoms with Crippen molar-refractivity contribution >= 4 is 34.4 Å². The van der Waals surface area contributed by atoms with Gasteiger partial charge >= 0.3 is 5.97 Å². The molecular formula is C26H23N3O4. The molecule has 1 heterocycles. The van der Waals surface area contributed by atoms with E-state index in [1.807, 2.05) is 49.4 Å². The molecule has 0 radical (unpaired) electrons. The number of carbonyl (C=O) groups excluding carboxylic acids is 3. The maximum atomic E-state index is 12.7. The lowest BCUT2D eigenvalue weighted by molar-refractivity contribution is -0.119. The van der Waals surface area contributed by atoms with E-state index < -0.39 is 18.5 Å². The van der Waals surface area contributed by atoms with Crippen LogP contribution < -0.4 is 10.6 Å². The number of H-pyrrole nitrogens is 1. The van der Waals surface area contributed by atoms with Gasteiger partial charge in [0.2, 0.25) is 0 Å². The maximum Gasteiger partial charge on any atom is 0.340 e. The third kappa shape index (κ3) is 5.27. The van der Waals surface area contributed by atoms with Gasteiger partial charge in [0.25, 0.3) is 11.8 Å². The van der Waals surface area contributed by atoms with E-state index in [1.165, 1.54) is 0 Å². The lowest BCUT2D eigenvalue weighted by atomic mass is 10.1. The first kappa shape index (κ1) is 21.8. The average Bonchev–Trinajstić information content (AvgIpc) is 3.27.